The standard InChI is InChI=1S/C15H19N3O2S/c19-10-4-6-11-5-3-9-18(11)15(20)17-14-16-12-7-1-2-8-13(12)21-14/h1-2,7-8,11,19H,3-6,9-10H2,(H,16,17,20). The number of aliphatic hydroxyl groups is 1. The molecule has 1 saturated heterocycles. The molecule has 112 valence electrons. The van der Waals surface area contributed by atoms with Crippen LogP contribution in [0.1, 0.15) is 25.7 Å². The molecule has 6 heteroatoms. The topological polar surface area (TPSA) is 65.5 Å². The molecule has 3 rings (SSSR count). The number of nitrogens with one attached hydrogen (secondary N) is 1. The van der Waals surface area contributed by atoms with Crippen LogP contribution in [0.3, 0.4) is 0 Å². The molecular formula is C15H19N3O2S. The van der Waals surface area contributed by atoms with Crippen LogP contribution in [0.4, 0.5) is 9.93 Å². The molecule has 1 fully saturated rings. The summed E-state index contributed by atoms with van der Waals surface area (Å²) >= 11 is 1.49. The zero-order valence-electron chi connectivity index (χ0n) is 11.8. The van der Waals surface area contributed by atoms with Crippen molar-refractivity contribution in [2.45, 2.75) is 31.7 Å². The number of urea groups is 1. The fourth-order valence-electron chi connectivity index (χ4n) is 2.82. The predicted octanol–water partition coefficient (Wildman–Crippen LogP) is 3.07. The molecule has 1 aliphatic rings. The van der Waals surface area contributed by atoms with E-state index in [-0.39, 0.29) is 18.7 Å². The second-order valence-corrected chi connectivity index (χ2v) is 6.30. The average molecular weight is 305 g/mol. The van der Waals surface area contributed by atoms with Gasteiger partial charge in [-0.15, -0.1) is 0 Å². The van der Waals surface area contributed by atoms with Crippen LogP contribution in [0, 0.1) is 0 Å². The lowest BCUT2D eigenvalue weighted by Gasteiger charge is -2.24. The smallest absolute Gasteiger partial charge is 0.323 e. The molecule has 0 aliphatic carbocycles. The summed E-state index contributed by atoms with van der Waals surface area (Å²) in [4.78, 5) is 18.7. The zero-order valence-corrected chi connectivity index (χ0v) is 12.6. The van der Waals surface area contributed by atoms with E-state index in [1.807, 2.05) is 29.2 Å². The summed E-state index contributed by atoms with van der Waals surface area (Å²) in [5, 5.41) is 12.5. The lowest BCUT2D eigenvalue weighted by atomic mass is 10.1. The Kier molecular flexibility index (Phi) is 4.36. The number of rotatable bonds is 4. The van der Waals surface area contributed by atoms with E-state index < -0.39 is 0 Å². The Balaban J connectivity index is 1.67. The number of benzene rings is 1. The Hall–Kier alpha value is -1.66. The van der Waals surface area contributed by atoms with Crippen molar-refractivity contribution in [1.29, 1.82) is 0 Å². The second kappa shape index (κ2) is 6.41. The molecule has 2 N–H and O–H groups in total. The van der Waals surface area contributed by atoms with Crippen molar-refractivity contribution in [2.24, 2.45) is 0 Å². The van der Waals surface area contributed by atoms with Crippen LogP contribution >= 0.6 is 11.3 Å². The second-order valence-electron chi connectivity index (χ2n) is 5.27. The van der Waals surface area contributed by atoms with Gasteiger partial charge in [0, 0.05) is 19.2 Å². The van der Waals surface area contributed by atoms with E-state index in [0.29, 0.717) is 5.13 Å². The summed E-state index contributed by atoms with van der Waals surface area (Å²) in [5.41, 5.74) is 0.913. The van der Waals surface area contributed by atoms with Crippen LogP contribution in [0.15, 0.2) is 24.3 Å². The van der Waals surface area contributed by atoms with E-state index in [1.54, 1.807) is 0 Å². The Bertz CT molecular complexity index is 595. The largest absolute Gasteiger partial charge is 0.396 e. The minimum absolute atomic E-state index is 0.0745. The van der Waals surface area contributed by atoms with E-state index in [9.17, 15) is 4.79 Å². The molecule has 2 aromatic rings. The van der Waals surface area contributed by atoms with Crippen LogP contribution in [-0.2, 0) is 0 Å². The van der Waals surface area contributed by atoms with Crippen LogP contribution in [0.2, 0.25) is 0 Å². The number of likely N-dealkylation sites (tertiary alicyclic amines) is 1. The van der Waals surface area contributed by atoms with E-state index >= 15 is 0 Å². The third kappa shape index (κ3) is 3.16. The van der Waals surface area contributed by atoms with E-state index in [2.05, 4.69) is 10.3 Å². The van der Waals surface area contributed by atoms with Gasteiger partial charge >= 0.3 is 6.03 Å². The number of carbonyl (C=O) groups is 1. The van der Waals surface area contributed by atoms with Gasteiger partial charge in [0.2, 0.25) is 0 Å². The number of carbonyl (C=O) groups excluding carboxylic acids is 1. The van der Waals surface area contributed by atoms with Crippen molar-refractivity contribution >= 4 is 32.7 Å². The maximum Gasteiger partial charge on any atom is 0.323 e. The highest BCUT2D eigenvalue weighted by atomic mass is 32.1. The summed E-state index contributed by atoms with van der Waals surface area (Å²) in [6.45, 7) is 0.969. The number of fused-ring (bicyclic) bond motifs is 1. The molecule has 1 aromatic carbocycles. The van der Waals surface area contributed by atoms with Crippen molar-refractivity contribution in [3.05, 3.63) is 24.3 Å². The highest BCUT2D eigenvalue weighted by Gasteiger charge is 2.28. The van der Waals surface area contributed by atoms with Crippen LogP contribution in [-0.4, -0.2) is 40.2 Å². The first-order chi connectivity index (χ1) is 10.3. The first-order valence-electron chi connectivity index (χ1n) is 7.32. The van der Waals surface area contributed by atoms with Gasteiger partial charge in [0.05, 0.1) is 10.2 Å². The molecule has 0 radical (unpaired) electrons. The molecule has 0 saturated carbocycles. The molecule has 2 amide bonds. The van der Waals surface area contributed by atoms with E-state index in [0.717, 1.165) is 42.4 Å². The van der Waals surface area contributed by atoms with Crippen LogP contribution in [0.25, 0.3) is 10.2 Å². The number of anilines is 1. The number of nitrogens with zero attached hydrogens (tertiary/aromatic N) is 2. The first kappa shape index (κ1) is 14.3. The predicted molar refractivity (Wildman–Crippen MR) is 84.7 cm³/mol. The monoisotopic (exact) mass is 305 g/mol. The van der Waals surface area contributed by atoms with Gasteiger partial charge in [0.25, 0.3) is 0 Å². The van der Waals surface area contributed by atoms with Crippen LogP contribution in [0.5, 0.6) is 0 Å². The van der Waals surface area contributed by atoms with Crippen molar-refractivity contribution < 1.29 is 9.90 Å². The highest BCUT2D eigenvalue weighted by molar-refractivity contribution is 7.22. The van der Waals surface area contributed by atoms with Crippen LogP contribution < -0.4 is 5.32 Å². The Morgan fingerprint density at radius 2 is 2.33 bits per heavy atom. The Morgan fingerprint density at radius 1 is 1.48 bits per heavy atom. The van der Waals surface area contributed by atoms with Gasteiger partial charge in [-0.25, -0.2) is 9.78 Å². The lowest BCUT2D eigenvalue weighted by Crippen LogP contribution is -2.38. The molecule has 2 heterocycles. The molecule has 5 nitrogen and oxygen atoms in total. The van der Waals surface area contributed by atoms with Gasteiger partial charge in [0.1, 0.15) is 0 Å². The Labute approximate surface area is 127 Å². The maximum absolute atomic E-state index is 12.4. The number of aliphatic hydroxyl groups excluding tert-OH is 1. The number of amides is 2. The van der Waals surface area contributed by atoms with E-state index in [1.165, 1.54) is 11.3 Å². The van der Waals surface area contributed by atoms with Gasteiger partial charge in [0.15, 0.2) is 5.13 Å². The molecule has 1 aliphatic heterocycles. The number of aromatic nitrogens is 1. The van der Waals surface area contributed by atoms with Crippen molar-refractivity contribution in [3.63, 3.8) is 0 Å². The summed E-state index contributed by atoms with van der Waals surface area (Å²) in [6.07, 6.45) is 3.66. The van der Waals surface area contributed by atoms with Gasteiger partial charge < -0.3 is 10.0 Å². The third-order valence-corrected chi connectivity index (χ3v) is 4.79. The van der Waals surface area contributed by atoms with Crippen molar-refractivity contribution in [3.8, 4) is 0 Å². The SMILES string of the molecule is O=C(Nc1nc2ccccc2s1)N1CCCC1CCCO. The maximum atomic E-state index is 12.4. The quantitative estimate of drug-likeness (QED) is 0.912. The number of para-hydroxylation sites is 1. The molecular weight excluding hydrogens is 286 g/mol. The molecule has 1 aromatic heterocycles. The fourth-order valence-corrected chi connectivity index (χ4v) is 3.67. The molecule has 21 heavy (non-hydrogen) atoms. The minimum atomic E-state index is -0.0745. The number of hydrogen-bond acceptors (Lipinski definition) is 4. The molecule has 1 atom stereocenters. The van der Waals surface area contributed by atoms with Gasteiger partial charge in [-0.3, -0.25) is 5.32 Å². The number of thiazole rings is 1. The summed E-state index contributed by atoms with van der Waals surface area (Å²) in [5.74, 6) is 0. The number of hydrogen-bond donors (Lipinski definition) is 2. The molecule has 0 spiro atoms. The fraction of sp³-hybridized carbons (Fsp3) is 0.467. The van der Waals surface area contributed by atoms with Gasteiger partial charge in [-0.05, 0) is 37.8 Å². The summed E-state index contributed by atoms with van der Waals surface area (Å²) < 4.78 is 1.08. The minimum Gasteiger partial charge on any atom is -0.396 e. The third-order valence-electron chi connectivity index (χ3n) is 3.84. The van der Waals surface area contributed by atoms with Crippen molar-refractivity contribution in [2.75, 3.05) is 18.5 Å². The Morgan fingerprint density at radius 3 is 3.14 bits per heavy atom. The normalized spacial score (nSPS) is 18.3. The van der Waals surface area contributed by atoms with E-state index in [4.69, 9.17) is 5.11 Å². The summed E-state index contributed by atoms with van der Waals surface area (Å²) in [7, 11) is 0. The zero-order chi connectivity index (χ0) is 14.7. The molecule has 0 bridgehead atoms. The van der Waals surface area contributed by atoms with Gasteiger partial charge in [-0.2, -0.15) is 0 Å². The lowest BCUT2D eigenvalue weighted by molar-refractivity contribution is 0.197. The van der Waals surface area contributed by atoms with Gasteiger partial charge in [-0.1, -0.05) is 23.5 Å². The first-order valence-corrected chi connectivity index (χ1v) is 8.13. The highest BCUT2D eigenvalue weighted by Crippen LogP contribution is 2.27. The summed E-state index contributed by atoms with van der Waals surface area (Å²) in [6, 6.07) is 8.03. The molecule has 1 unspecified atom stereocenters. The average Bonchev–Trinajstić information content (AvgIpc) is 3.10. The van der Waals surface area contributed by atoms with Crippen molar-refractivity contribution in [1.82, 2.24) is 9.88 Å².